The predicted octanol–water partition coefficient (Wildman–Crippen LogP) is 2.56. The van der Waals surface area contributed by atoms with Crippen molar-refractivity contribution in [2.45, 2.75) is 12.6 Å². The Morgan fingerprint density at radius 3 is 2.32 bits per heavy atom. The van der Waals surface area contributed by atoms with Crippen LogP contribution in [0.4, 0.5) is 5.69 Å². The average molecular weight is 340 g/mol. The third-order valence-corrected chi connectivity index (χ3v) is 4.39. The molecule has 0 saturated heterocycles. The summed E-state index contributed by atoms with van der Waals surface area (Å²) in [6.45, 7) is 2.29. The smallest absolute Gasteiger partial charge is 0.287 e. The van der Waals surface area contributed by atoms with Gasteiger partial charge in [-0.1, -0.05) is 36.4 Å². The molecule has 0 aliphatic carbocycles. The quantitative estimate of drug-likeness (QED) is 0.839. The van der Waals surface area contributed by atoms with Crippen molar-refractivity contribution in [2.75, 3.05) is 25.7 Å². The fraction of sp³-hybridized carbons (Fsp3) is 0.263. The van der Waals surface area contributed by atoms with Gasteiger partial charge in [-0.05, 0) is 25.1 Å². The number of carbonyl (C=O) groups is 2. The highest BCUT2D eigenvalue weighted by Crippen LogP contribution is 2.42. The largest absolute Gasteiger partial charge is 0.345 e. The van der Waals surface area contributed by atoms with Crippen molar-refractivity contribution in [3.05, 3.63) is 65.7 Å². The summed E-state index contributed by atoms with van der Waals surface area (Å²) in [6, 6.07) is 16.2. The summed E-state index contributed by atoms with van der Waals surface area (Å²) < 4.78 is 5.65. The lowest BCUT2D eigenvalue weighted by Gasteiger charge is -2.37. The van der Waals surface area contributed by atoms with Gasteiger partial charge in [0.1, 0.15) is 0 Å². The Kier molecular flexibility index (Phi) is 4.57. The van der Waals surface area contributed by atoms with Crippen LogP contribution < -0.4 is 4.90 Å². The van der Waals surface area contributed by atoms with Crippen LogP contribution in [-0.2, 0) is 20.1 Å². The van der Waals surface area contributed by atoms with Gasteiger partial charge in [-0.3, -0.25) is 14.4 Å². The van der Waals surface area contributed by atoms with E-state index in [0.29, 0.717) is 17.7 Å². The van der Waals surface area contributed by atoms with E-state index >= 15 is 0 Å². The van der Waals surface area contributed by atoms with Crippen molar-refractivity contribution in [1.82, 2.24) is 5.06 Å². The van der Waals surface area contributed by atoms with E-state index in [-0.39, 0.29) is 5.91 Å². The van der Waals surface area contributed by atoms with Gasteiger partial charge in [-0.2, -0.15) is 5.06 Å². The molecule has 2 amide bonds. The van der Waals surface area contributed by atoms with Gasteiger partial charge in [-0.15, -0.1) is 0 Å². The normalized spacial score (nSPS) is 19.0. The summed E-state index contributed by atoms with van der Waals surface area (Å²) in [7, 11) is 2.75. The number of nitrogens with zero attached hydrogens (tertiary/aromatic N) is 2. The monoisotopic (exact) mass is 340 g/mol. The number of carbonyl (C=O) groups excluding carboxylic acids is 2. The molecule has 6 nitrogen and oxygen atoms in total. The van der Waals surface area contributed by atoms with Crippen LogP contribution >= 0.6 is 0 Å². The molecule has 130 valence electrons. The maximum atomic E-state index is 13.5. The number of likely N-dealkylation sites (N-methyl/N-ethyl adjacent to an activating group) is 1. The van der Waals surface area contributed by atoms with Crippen molar-refractivity contribution in [1.29, 1.82) is 0 Å². The number of hydrogen-bond acceptors (Lipinski definition) is 4. The average Bonchev–Trinajstić information content (AvgIpc) is 2.92. The molecule has 3 rings (SSSR count). The van der Waals surface area contributed by atoms with E-state index < -0.39 is 11.6 Å². The van der Waals surface area contributed by atoms with E-state index in [1.807, 2.05) is 37.3 Å². The van der Waals surface area contributed by atoms with Crippen molar-refractivity contribution >= 4 is 17.5 Å². The standard InChI is InChI=1S/C19H20N2O4/c1-4-20(14-10-6-5-7-11-14)18(23)19(24-2)16-13-9-8-12-15(16)17(22)21(19)25-3/h5-13H,4H2,1-3H3. The van der Waals surface area contributed by atoms with E-state index in [0.717, 1.165) is 10.8 Å². The molecule has 0 radical (unpaired) electrons. The Morgan fingerprint density at radius 1 is 1.08 bits per heavy atom. The third-order valence-electron chi connectivity index (χ3n) is 4.39. The molecular formula is C19H20N2O4. The fourth-order valence-electron chi connectivity index (χ4n) is 3.25. The summed E-state index contributed by atoms with van der Waals surface area (Å²) in [4.78, 5) is 33.1. The number of amides is 2. The molecule has 0 N–H and O–H groups in total. The van der Waals surface area contributed by atoms with Crippen LogP contribution in [0.3, 0.4) is 0 Å². The molecule has 1 atom stereocenters. The Labute approximate surface area is 146 Å². The first kappa shape index (κ1) is 17.1. The number of para-hydroxylation sites is 1. The second kappa shape index (κ2) is 6.66. The Bertz CT molecular complexity index is 793. The lowest BCUT2D eigenvalue weighted by molar-refractivity contribution is -0.246. The number of hydroxylamine groups is 2. The van der Waals surface area contributed by atoms with Crippen LogP contribution in [0.25, 0.3) is 0 Å². The SMILES string of the molecule is CCN(C(=O)C1(OC)c2ccccc2C(=O)N1OC)c1ccccc1. The fourth-order valence-corrected chi connectivity index (χ4v) is 3.25. The van der Waals surface area contributed by atoms with E-state index in [1.54, 1.807) is 29.2 Å². The first-order valence-electron chi connectivity index (χ1n) is 8.02. The van der Waals surface area contributed by atoms with Gasteiger partial charge in [0, 0.05) is 24.9 Å². The first-order valence-corrected chi connectivity index (χ1v) is 8.02. The van der Waals surface area contributed by atoms with Crippen molar-refractivity contribution in [3.63, 3.8) is 0 Å². The summed E-state index contributed by atoms with van der Waals surface area (Å²) >= 11 is 0. The summed E-state index contributed by atoms with van der Waals surface area (Å²) in [5, 5.41) is 1.01. The second-order valence-electron chi connectivity index (χ2n) is 5.56. The first-order chi connectivity index (χ1) is 12.1. The van der Waals surface area contributed by atoms with E-state index in [1.165, 1.54) is 14.2 Å². The lowest BCUT2D eigenvalue weighted by Crippen LogP contribution is -2.56. The van der Waals surface area contributed by atoms with Gasteiger partial charge in [0.25, 0.3) is 17.5 Å². The highest BCUT2D eigenvalue weighted by molar-refractivity contribution is 6.09. The molecule has 6 heteroatoms. The van der Waals surface area contributed by atoms with Crippen LogP contribution in [0, 0.1) is 0 Å². The van der Waals surface area contributed by atoms with Crippen molar-refractivity contribution in [2.24, 2.45) is 0 Å². The number of ether oxygens (including phenoxy) is 1. The highest BCUT2D eigenvalue weighted by Gasteiger charge is 2.58. The van der Waals surface area contributed by atoms with Gasteiger partial charge < -0.3 is 9.64 Å². The van der Waals surface area contributed by atoms with Crippen LogP contribution in [0.15, 0.2) is 54.6 Å². The minimum Gasteiger partial charge on any atom is -0.345 e. The number of rotatable bonds is 5. The minimum atomic E-state index is -1.66. The van der Waals surface area contributed by atoms with Gasteiger partial charge in [-0.25, -0.2) is 0 Å². The zero-order chi connectivity index (χ0) is 18.0. The number of methoxy groups -OCH3 is 1. The molecule has 0 saturated carbocycles. The van der Waals surface area contributed by atoms with Gasteiger partial charge in [0.2, 0.25) is 0 Å². The van der Waals surface area contributed by atoms with Crippen LogP contribution in [0.5, 0.6) is 0 Å². The third kappa shape index (κ3) is 2.42. The van der Waals surface area contributed by atoms with Crippen molar-refractivity contribution < 1.29 is 19.2 Å². The zero-order valence-electron chi connectivity index (χ0n) is 14.4. The Hall–Kier alpha value is -2.70. The molecule has 0 spiro atoms. The van der Waals surface area contributed by atoms with Crippen molar-refractivity contribution in [3.8, 4) is 0 Å². The van der Waals surface area contributed by atoms with Gasteiger partial charge in [0.05, 0.1) is 12.7 Å². The molecule has 1 aliphatic heterocycles. The van der Waals surface area contributed by atoms with E-state index in [9.17, 15) is 9.59 Å². The Balaban J connectivity index is 2.16. The maximum absolute atomic E-state index is 13.5. The number of anilines is 1. The molecule has 0 aromatic heterocycles. The molecule has 2 aromatic rings. The molecule has 2 aromatic carbocycles. The van der Waals surface area contributed by atoms with Crippen LogP contribution in [0.1, 0.15) is 22.8 Å². The molecular weight excluding hydrogens is 320 g/mol. The summed E-state index contributed by atoms with van der Waals surface area (Å²) in [5.74, 6) is -0.790. The molecule has 0 fully saturated rings. The maximum Gasteiger partial charge on any atom is 0.287 e. The molecule has 1 unspecified atom stereocenters. The summed E-state index contributed by atoms with van der Waals surface area (Å²) in [5.41, 5.74) is -0.0689. The van der Waals surface area contributed by atoms with E-state index in [4.69, 9.17) is 9.57 Å². The number of hydrogen-bond donors (Lipinski definition) is 0. The molecule has 0 bridgehead atoms. The molecule has 1 heterocycles. The van der Waals surface area contributed by atoms with Crippen LogP contribution in [0.2, 0.25) is 0 Å². The minimum absolute atomic E-state index is 0.385. The van der Waals surface area contributed by atoms with Gasteiger partial charge in [0.15, 0.2) is 0 Å². The topological polar surface area (TPSA) is 59.1 Å². The van der Waals surface area contributed by atoms with E-state index in [2.05, 4.69) is 0 Å². The number of fused-ring (bicyclic) bond motifs is 1. The lowest BCUT2D eigenvalue weighted by atomic mass is 9.99. The zero-order valence-corrected chi connectivity index (χ0v) is 14.4. The van der Waals surface area contributed by atoms with Crippen LogP contribution in [-0.4, -0.2) is 37.6 Å². The van der Waals surface area contributed by atoms with Gasteiger partial charge >= 0.3 is 0 Å². The summed E-state index contributed by atoms with van der Waals surface area (Å²) in [6.07, 6.45) is 0. The Morgan fingerprint density at radius 2 is 1.72 bits per heavy atom. The second-order valence-corrected chi connectivity index (χ2v) is 5.56. The molecule has 25 heavy (non-hydrogen) atoms. The molecule has 1 aliphatic rings. The highest BCUT2D eigenvalue weighted by atomic mass is 16.7. The number of benzene rings is 2. The predicted molar refractivity (Wildman–Crippen MR) is 92.8 cm³/mol.